The van der Waals surface area contributed by atoms with E-state index in [9.17, 15) is 4.79 Å². The van der Waals surface area contributed by atoms with Gasteiger partial charge in [0.25, 0.3) is 0 Å². The first kappa shape index (κ1) is 13.7. The van der Waals surface area contributed by atoms with Crippen LogP contribution in [-0.4, -0.2) is 17.7 Å². The van der Waals surface area contributed by atoms with Gasteiger partial charge in [0.1, 0.15) is 5.75 Å². The van der Waals surface area contributed by atoms with Gasteiger partial charge in [-0.05, 0) is 60.6 Å². The minimum Gasteiger partial charge on any atom is -0.493 e. The number of hydrogen-bond acceptors (Lipinski definition) is 2. The van der Waals surface area contributed by atoms with Crippen LogP contribution in [0.5, 0.6) is 5.75 Å². The molecule has 0 spiro atoms. The largest absolute Gasteiger partial charge is 0.493 e. The number of carboxylic acid groups (broad SMARTS) is 1. The third-order valence-electron chi connectivity index (χ3n) is 3.69. The molecule has 2 aromatic carbocycles. The summed E-state index contributed by atoms with van der Waals surface area (Å²) in [6.45, 7) is 0.816. The number of aromatic carboxylic acids is 1. The summed E-state index contributed by atoms with van der Waals surface area (Å²) in [4.78, 5) is 10.8. The van der Waals surface area contributed by atoms with E-state index < -0.39 is 5.97 Å². The highest BCUT2D eigenvalue weighted by atomic mass is 16.5. The van der Waals surface area contributed by atoms with E-state index >= 15 is 0 Å². The number of hydrogen-bond donors (Lipinski definition) is 1. The number of benzene rings is 2. The maximum Gasteiger partial charge on any atom is 0.335 e. The van der Waals surface area contributed by atoms with Gasteiger partial charge in [-0.25, -0.2) is 4.79 Å². The fourth-order valence-electron chi connectivity index (χ4n) is 2.24. The van der Waals surface area contributed by atoms with Crippen molar-refractivity contribution in [2.75, 3.05) is 6.61 Å². The second kappa shape index (κ2) is 6.00. The highest BCUT2D eigenvalue weighted by molar-refractivity contribution is 5.87. The normalized spacial score (nSPS) is 13.9. The summed E-state index contributed by atoms with van der Waals surface area (Å²) in [5.41, 5.74) is 2.59. The van der Waals surface area contributed by atoms with Crippen LogP contribution in [0.3, 0.4) is 0 Å². The monoisotopic (exact) mass is 282 g/mol. The molecule has 0 amide bonds. The Morgan fingerprint density at radius 2 is 1.86 bits per heavy atom. The smallest absolute Gasteiger partial charge is 0.335 e. The van der Waals surface area contributed by atoms with Gasteiger partial charge in [0.15, 0.2) is 0 Å². The molecule has 0 unspecified atom stereocenters. The molecule has 1 N–H and O–H groups in total. The zero-order valence-electron chi connectivity index (χ0n) is 11.8. The SMILES string of the molecule is O=C(O)c1ccc(Cc2cccc(OCC3CC3)c2)cc1. The minimum absolute atomic E-state index is 0.320. The van der Waals surface area contributed by atoms with E-state index in [4.69, 9.17) is 9.84 Å². The molecule has 108 valence electrons. The quantitative estimate of drug-likeness (QED) is 0.877. The summed E-state index contributed by atoms with van der Waals surface area (Å²) in [6, 6.07) is 15.1. The molecule has 1 saturated carbocycles. The molecule has 2 aromatic rings. The summed E-state index contributed by atoms with van der Waals surface area (Å²) in [7, 11) is 0. The predicted octanol–water partition coefficient (Wildman–Crippen LogP) is 3.76. The second-order valence-electron chi connectivity index (χ2n) is 5.58. The summed E-state index contributed by atoms with van der Waals surface area (Å²) in [5, 5.41) is 8.89. The van der Waals surface area contributed by atoms with Gasteiger partial charge in [0.2, 0.25) is 0 Å². The summed E-state index contributed by atoms with van der Waals surface area (Å²) >= 11 is 0. The van der Waals surface area contributed by atoms with Gasteiger partial charge < -0.3 is 9.84 Å². The van der Waals surface area contributed by atoms with E-state index in [2.05, 4.69) is 12.1 Å². The van der Waals surface area contributed by atoms with Crippen LogP contribution in [0.4, 0.5) is 0 Å². The molecule has 0 heterocycles. The lowest BCUT2D eigenvalue weighted by Gasteiger charge is -2.08. The molecule has 0 atom stereocenters. The number of ether oxygens (including phenoxy) is 1. The van der Waals surface area contributed by atoms with E-state index in [-0.39, 0.29) is 0 Å². The van der Waals surface area contributed by atoms with Crippen molar-refractivity contribution in [3.63, 3.8) is 0 Å². The molecule has 3 heteroatoms. The van der Waals surface area contributed by atoms with Crippen molar-refractivity contribution in [1.29, 1.82) is 0 Å². The molecule has 0 bridgehead atoms. The fourth-order valence-corrected chi connectivity index (χ4v) is 2.24. The summed E-state index contributed by atoms with van der Waals surface area (Å²) < 4.78 is 5.78. The lowest BCUT2D eigenvalue weighted by atomic mass is 10.0. The molecule has 1 fully saturated rings. The van der Waals surface area contributed by atoms with E-state index in [1.54, 1.807) is 12.1 Å². The first-order valence-electron chi connectivity index (χ1n) is 7.25. The second-order valence-corrected chi connectivity index (χ2v) is 5.58. The molecule has 1 aliphatic carbocycles. The molecular weight excluding hydrogens is 264 g/mol. The van der Waals surface area contributed by atoms with Crippen molar-refractivity contribution in [1.82, 2.24) is 0 Å². The number of carbonyl (C=O) groups is 1. The lowest BCUT2D eigenvalue weighted by Crippen LogP contribution is -1.99. The summed E-state index contributed by atoms with van der Waals surface area (Å²) in [6.07, 6.45) is 3.35. The molecule has 0 aliphatic heterocycles. The van der Waals surface area contributed by atoms with E-state index in [0.717, 1.165) is 30.3 Å². The topological polar surface area (TPSA) is 46.5 Å². The van der Waals surface area contributed by atoms with Gasteiger partial charge in [0, 0.05) is 0 Å². The van der Waals surface area contributed by atoms with Crippen LogP contribution in [0, 0.1) is 5.92 Å². The summed E-state index contributed by atoms with van der Waals surface area (Å²) in [5.74, 6) is 0.774. The Balaban J connectivity index is 1.65. The molecule has 0 aromatic heterocycles. The molecule has 1 aliphatic rings. The minimum atomic E-state index is -0.892. The zero-order chi connectivity index (χ0) is 14.7. The van der Waals surface area contributed by atoms with Gasteiger partial charge in [-0.15, -0.1) is 0 Å². The molecule has 0 radical (unpaired) electrons. The van der Waals surface area contributed by atoms with Gasteiger partial charge in [-0.3, -0.25) is 0 Å². The maximum absolute atomic E-state index is 10.8. The predicted molar refractivity (Wildman–Crippen MR) is 80.9 cm³/mol. The lowest BCUT2D eigenvalue weighted by molar-refractivity contribution is 0.0697. The van der Waals surface area contributed by atoms with Crippen LogP contribution in [0.25, 0.3) is 0 Å². The van der Waals surface area contributed by atoms with Gasteiger partial charge in [0.05, 0.1) is 12.2 Å². The Kier molecular flexibility index (Phi) is 3.91. The van der Waals surface area contributed by atoms with Crippen molar-refractivity contribution < 1.29 is 14.6 Å². The van der Waals surface area contributed by atoms with Crippen LogP contribution in [-0.2, 0) is 6.42 Å². The Hall–Kier alpha value is -2.29. The number of rotatable bonds is 6. The van der Waals surface area contributed by atoms with Crippen LogP contribution in [0.15, 0.2) is 48.5 Å². The zero-order valence-corrected chi connectivity index (χ0v) is 11.8. The molecule has 3 rings (SSSR count). The van der Waals surface area contributed by atoms with Crippen LogP contribution in [0.1, 0.15) is 34.3 Å². The van der Waals surface area contributed by atoms with Gasteiger partial charge >= 0.3 is 5.97 Å². The van der Waals surface area contributed by atoms with Crippen molar-refractivity contribution in [3.8, 4) is 5.75 Å². The molecule has 0 saturated heterocycles. The van der Waals surface area contributed by atoms with Crippen LogP contribution >= 0.6 is 0 Å². The Labute approximate surface area is 124 Å². The average Bonchev–Trinajstić information content (AvgIpc) is 3.30. The molecule has 21 heavy (non-hydrogen) atoms. The van der Waals surface area contributed by atoms with Gasteiger partial charge in [-0.2, -0.15) is 0 Å². The third kappa shape index (κ3) is 3.85. The first-order valence-corrected chi connectivity index (χ1v) is 7.25. The molecular formula is C18H18O3. The third-order valence-corrected chi connectivity index (χ3v) is 3.69. The van der Waals surface area contributed by atoms with Crippen LogP contribution < -0.4 is 4.74 Å². The van der Waals surface area contributed by atoms with Crippen LogP contribution in [0.2, 0.25) is 0 Å². The highest BCUT2D eigenvalue weighted by Gasteiger charge is 2.21. The maximum atomic E-state index is 10.8. The van der Waals surface area contributed by atoms with Gasteiger partial charge in [-0.1, -0.05) is 24.3 Å². The highest BCUT2D eigenvalue weighted by Crippen LogP contribution is 2.29. The van der Waals surface area contributed by atoms with E-state index in [0.29, 0.717) is 5.56 Å². The average molecular weight is 282 g/mol. The van der Waals surface area contributed by atoms with Crippen molar-refractivity contribution in [2.45, 2.75) is 19.3 Å². The number of carboxylic acids is 1. The Morgan fingerprint density at radius 1 is 1.10 bits per heavy atom. The Morgan fingerprint density at radius 3 is 2.52 bits per heavy atom. The van der Waals surface area contributed by atoms with Crippen molar-refractivity contribution in [3.05, 3.63) is 65.2 Å². The fraction of sp³-hybridized carbons (Fsp3) is 0.278. The standard InChI is InChI=1S/C18H18O3/c19-18(20)16-8-6-13(7-9-16)10-15-2-1-3-17(11-15)21-12-14-4-5-14/h1-3,6-9,11,14H,4-5,10,12H2,(H,19,20). The first-order chi connectivity index (χ1) is 10.2. The van der Waals surface area contributed by atoms with E-state index in [1.165, 1.54) is 18.4 Å². The van der Waals surface area contributed by atoms with Crippen molar-refractivity contribution >= 4 is 5.97 Å². The van der Waals surface area contributed by atoms with E-state index in [1.807, 2.05) is 24.3 Å². The molecule has 3 nitrogen and oxygen atoms in total. The Bertz CT molecular complexity index is 627. The van der Waals surface area contributed by atoms with Crippen molar-refractivity contribution in [2.24, 2.45) is 5.92 Å².